The molecule has 1 fully saturated rings. The molecule has 0 amide bonds. The monoisotopic (exact) mass is 193 g/mol. The lowest BCUT2D eigenvalue weighted by Crippen LogP contribution is -2.03. The predicted molar refractivity (Wildman–Crippen MR) is 51.1 cm³/mol. The summed E-state index contributed by atoms with van der Waals surface area (Å²) < 4.78 is 5.27. The standard InChI is InChI=1S/C10H11NO3/c1-7-5-8(10(2)6-14-10)3-4-9(7)11(12)13/h3-5H,6H2,1-2H3. The fourth-order valence-electron chi connectivity index (χ4n) is 1.46. The summed E-state index contributed by atoms with van der Waals surface area (Å²) in [5.41, 5.74) is 1.66. The molecule has 1 aliphatic heterocycles. The van der Waals surface area contributed by atoms with Crippen molar-refractivity contribution in [3.8, 4) is 0 Å². The lowest BCUT2D eigenvalue weighted by molar-refractivity contribution is -0.385. The largest absolute Gasteiger partial charge is 0.365 e. The maximum absolute atomic E-state index is 10.6. The van der Waals surface area contributed by atoms with Gasteiger partial charge in [0, 0.05) is 11.6 Å². The van der Waals surface area contributed by atoms with Crippen molar-refractivity contribution in [2.45, 2.75) is 19.4 Å². The number of rotatable bonds is 2. The van der Waals surface area contributed by atoms with Gasteiger partial charge in [-0.05, 0) is 31.5 Å². The van der Waals surface area contributed by atoms with E-state index < -0.39 is 0 Å². The summed E-state index contributed by atoms with van der Waals surface area (Å²) in [5.74, 6) is 0. The van der Waals surface area contributed by atoms with E-state index in [1.807, 2.05) is 13.0 Å². The number of epoxide rings is 1. The summed E-state index contributed by atoms with van der Waals surface area (Å²) in [4.78, 5) is 10.2. The van der Waals surface area contributed by atoms with Crippen LogP contribution in [0.4, 0.5) is 5.69 Å². The Morgan fingerprint density at radius 1 is 1.57 bits per heavy atom. The molecule has 14 heavy (non-hydrogen) atoms. The molecule has 0 aromatic heterocycles. The molecule has 74 valence electrons. The summed E-state index contributed by atoms with van der Waals surface area (Å²) in [6, 6.07) is 5.13. The minimum atomic E-state index is -0.366. The lowest BCUT2D eigenvalue weighted by atomic mass is 9.99. The number of aryl methyl sites for hydroxylation is 1. The molecule has 1 aliphatic rings. The van der Waals surface area contributed by atoms with Crippen LogP contribution in [-0.2, 0) is 10.3 Å². The topological polar surface area (TPSA) is 55.7 Å². The van der Waals surface area contributed by atoms with Crippen molar-refractivity contribution < 1.29 is 9.66 Å². The van der Waals surface area contributed by atoms with Gasteiger partial charge < -0.3 is 4.74 Å². The van der Waals surface area contributed by atoms with Crippen molar-refractivity contribution in [2.75, 3.05) is 6.61 Å². The van der Waals surface area contributed by atoms with Crippen LogP contribution >= 0.6 is 0 Å². The smallest absolute Gasteiger partial charge is 0.272 e. The maximum Gasteiger partial charge on any atom is 0.272 e. The molecule has 0 aliphatic carbocycles. The third-order valence-electron chi connectivity index (χ3n) is 2.58. The van der Waals surface area contributed by atoms with E-state index in [2.05, 4.69) is 0 Å². The average molecular weight is 193 g/mol. The number of benzene rings is 1. The van der Waals surface area contributed by atoms with Crippen molar-refractivity contribution in [3.05, 3.63) is 39.4 Å². The van der Waals surface area contributed by atoms with Gasteiger partial charge in [-0.25, -0.2) is 0 Å². The summed E-state index contributed by atoms with van der Waals surface area (Å²) in [6.07, 6.45) is 0. The normalized spacial score (nSPS) is 24.7. The first kappa shape index (κ1) is 9.15. The molecule has 0 N–H and O–H groups in total. The molecule has 1 aromatic carbocycles. The van der Waals surface area contributed by atoms with Crippen LogP contribution in [0.3, 0.4) is 0 Å². The Hall–Kier alpha value is -1.42. The first-order chi connectivity index (χ1) is 6.53. The van der Waals surface area contributed by atoms with E-state index in [-0.39, 0.29) is 16.2 Å². The number of nitrogens with zero attached hydrogens (tertiary/aromatic N) is 1. The van der Waals surface area contributed by atoms with E-state index in [1.165, 1.54) is 6.07 Å². The Balaban J connectivity index is 2.40. The van der Waals surface area contributed by atoms with Crippen LogP contribution < -0.4 is 0 Å². The summed E-state index contributed by atoms with van der Waals surface area (Å²) in [5, 5.41) is 10.6. The zero-order valence-electron chi connectivity index (χ0n) is 8.11. The third kappa shape index (κ3) is 1.37. The van der Waals surface area contributed by atoms with Crippen LogP contribution in [0.25, 0.3) is 0 Å². The summed E-state index contributed by atoms with van der Waals surface area (Å²) in [7, 11) is 0. The van der Waals surface area contributed by atoms with Crippen molar-refractivity contribution in [1.29, 1.82) is 0 Å². The fourth-order valence-corrected chi connectivity index (χ4v) is 1.46. The molecule has 1 unspecified atom stereocenters. The van der Waals surface area contributed by atoms with Crippen LogP contribution in [0, 0.1) is 17.0 Å². The van der Waals surface area contributed by atoms with E-state index in [0.717, 1.165) is 5.56 Å². The maximum atomic E-state index is 10.6. The quantitative estimate of drug-likeness (QED) is 0.410. The van der Waals surface area contributed by atoms with Gasteiger partial charge in [0.25, 0.3) is 5.69 Å². The molecule has 0 saturated carbocycles. The highest BCUT2D eigenvalue weighted by atomic mass is 16.6. The molecular formula is C10H11NO3. The van der Waals surface area contributed by atoms with Crippen molar-refractivity contribution in [2.24, 2.45) is 0 Å². The Labute approximate surface area is 81.7 Å². The molecule has 1 atom stereocenters. The van der Waals surface area contributed by atoms with Gasteiger partial charge in [0.15, 0.2) is 0 Å². The van der Waals surface area contributed by atoms with Crippen LogP contribution in [0.5, 0.6) is 0 Å². The third-order valence-corrected chi connectivity index (χ3v) is 2.58. The fraction of sp³-hybridized carbons (Fsp3) is 0.400. The van der Waals surface area contributed by atoms with Gasteiger partial charge in [0.05, 0.1) is 11.5 Å². The van der Waals surface area contributed by atoms with E-state index >= 15 is 0 Å². The molecule has 0 radical (unpaired) electrons. The highest BCUT2D eigenvalue weighted by Crippen LogP contribution is 2.39. The number of nitro groups is 1. The van der Waals surface area contributed by atoms with Gasteiger partial charge in [-0.2, -0.15) is 0 Å². The van der Waals surface area contributed by atoms with Crippen molar-refractivity contribution in [3.63, 3.8) is 0 Å². The molecule has 4 heteroatoms. The Morgan fingerprint density at radius 3 is 2.64 bits per heavy atom. The lowest BCUT2D eigenvalue weighted by Gasteiger charge is -2.06. The molecular weight excluding hydrogens is 182 g/mol. The van der Waals surface area contributed by atoms with E-state index in [0.29, 0.717) is 12.2 Å². The van der Waals surface area contributed by atoms with Crippen molar-refractivity contribution >= 4 is 5.69 Å². The van der Waals surface area contributed by atoms with E-state index in [4.69, 9.17) is 4.74 Å². The highest BCUT2D eigenvalue weighted by molar-refractivity contribution is 5.44. The SMILES string of the molecule is Cc1cc(C2(C)CO2)ccc1[N+](=O)[O-]. The Bertz CT molecular complexity index is 396. The van der Waals surface area contributed by atoms with Gasteiger partial charge in [-0.3, -0.25) is 10.1 Å². The summed E-state index contributed by atoms with van der Waals surface area (Å²) in [6.45, 7) is 4.42. The van der Waals surface area contributed by atoms with Crippen LogP contribution in [0.1, 0.15) is 18.1 Å². The van der Waals surface area contributed by atoms with Crippen molar-refractivity contribution in [1.82, 2.24) is 0 Å². The minimum absolute atomic E-state index is 0.165. The van der Waals surface area contributed by atoms with Gasteiger partial charge in [0.1, 0.15) is 5.60 Å². The number of ether oxygens (including phenoxy) is 1. The second-order valence-electron chi connectivity index (χ2n) is 3.78. The average Bonchev–Trinajstić information content (AvgIpc) is 2.84. The Kier molecular flexibility index (Phi) is 1.82. The molecule has 1 saturated heterocycles. The zero-order valence-corrected chi connectivity index (χ0v) is 8.11. The van der Waals surface area contributed by atoms with Crippen LogP contribution in [0.15, 0.2) is 18.2 Å². The second-order valence-corrected chi connectivity index (χ2v) is 3.78. The van der Waals surface area contributed by atoms with Gasteiger partial charge in [0.2, 0.25) is 0 Å². The van der Waals surface area contributed by atoms with Gasteiger partial charge in [-0.15, -0.1) is 0 Å². The first-order valence-electron chi connectivity index (χ1n) is 4.42. The zero-order chi connectivity index (χ0) is 10.3. The number of nitro benzene ring substituents is 1. The minimum Gasteiger partial charge on any atom is -0.365 e. The second kappa shape index (κ2) is 2.78. The molecule has 0 bridgehead atoms. The van der Waals surface area contributed by atoms with Crippen LogP contribution in [0.2, 0.25) is 0 Å². The molecule has 0 spiro atoms. The van der Waals surface area contributed by atoms with Crippen LogP contribution in [-0.4, -0.2) is 11.5 Å². The van der Waals surface area contributed by atoms with Gasteiger partial charge in [-0.1, -0.05) is 0 Å². The number of hydrogen-bond acceptors (Lipinski definition) is 3. The first-order valence-corrected chi connectivity index (χ1v) is 4.42. The molecule has 4 nitrogen and oxygen atoms in total. The number of hydrogen-bond donors (Lipinski definition) is 0. The highest BCUT2D eigenvalue weighted by Gasteiger charge is 2.41. The van der Waals surface area contributed by atoms with Gasteiger partial charge >= 0.3 is 0 Å². The molecule has 1 heterocycles. The predicted octanol–water partition coefficient (Wildman–Crippen LogP) is 2.15. The van der Waals surface area contributed by atoms with E-state index in [1.54, 1.807) is 13.0 Å². The summed E-state index contributed by atoms with van der Waals surface area (Å²) >= 11 is 0. The molecule has 1 aromatic rings. The molecule has 2 rings (SSSR count). The Morgan fingerprint density at radius 2 is 2.21 bits per heavy atom. The van der Waals surface area contributed by atoms with E-state index in [9.17, 15) is 10.1 Å².